The number of likely N-dealkylation sites (tertiary alicyclic amines) is 1. The molecule has 0 saturated carbocycles. The van der Waals surface area contributed by atoms with Crippen LogP contribution in [0.15, 0.2) is 43.0 Å². The molecular formula is C17H18N6O. The molecule has 122 valence electrons. The van der Waals surface area contributed by atoms with E-state index in [1.807, 2.05) is 35.4 Å². The minimum atomic E-state index is 0.0262. The highest BCUT2D eigenvalue weighted by atomic mass is 16.2. The fourth-order valence-electron chi connectivity index (χ4n) is 3.27. The van der Waals surface area contributed by atoms with Gasteiger partial charge in [-0.3, -0.25) is 9.89 Å². The molecule has 1 saturated heterocycles. The predicted octanol–water partition coefficient (Wildman–Crippen LogP) is 2.21. The largest absolute Gasteiger partial charge is 0.348 e. The van der Waals surface area contributed by atoms with Gasteiger partial charge in [0.15, 0.2) is 5.82 Å². The lowest BCUT2D eigenvalue weighted by molar-refractivity contribution is 0.0705. The first-order valence-electron chi connectivity index (χ1n) is 8.06. The standard InChI is InChI=1S/C17H18N6O/c24-17(14-6-2-1-5-13(14)16-20-11-21-22-16)23-9-3-4-12(10-23)15-18-7-8-19-15/h1-2,5-8,11-12H,3-4,9-10H2,(H,18,19)(H,20,21,22)/t12-/m0/s1. The van der Waals surface area contributed by atoms with Gasteiger partial charge in [0.25, 0.3) is 5.91 Å². The number of carbonyl (C=O) groups is 1. The van der Waals surface area contributed by atoms with Crippen molar-refractivity contribution in [3.8, 4) is 11.4 Å². The van der Waals surface area contributed by atoms with E-state index in [4.69, 9.17) is 0 Å². The summed E-state index contributed by atoms with van der Waals surface area (Å²) in [5, 5.41) is 6.72. The van der Waals surface area contributed by atoms with E-state index in [9.17, 15) is 4.79 Å². The molecule has 1 aromatic carbocycles. The monoisotopic (exact) mass is 322 g/mol. The fourth-order valence-corrected chi connectivity index (χ4v) is 3.27. The van der Waals surface area contributed by atoms with E-state index in [0.29, 0.717) is 17.9 Å². The van der Waals surface area contributed by atoms with Gasteiger partial charge < -0.3 is 9.88 Å². The minimum absolute atomic E-state index is 0.0262. The van der Waals surface area contributed by atoms with Crippen LogP contribution in [0.1, 0.15) is 34.9 Å². The van der Waals surface area contributed by atoms with Gasteiger partial charge in [0.05, 0.1) is 5.56 Å². The highest BCUT2D eigenvalue weighted by Gasteiger charge is 2.28. The van der Waals surface area contributed by atoms with Crippen LogP contribution in [0.2, 0.25) is 0 Å². The summed E-state index contributed by atoms with van der Waals surface area (Å²) in [4.78, 5) is 26.7. The second kappa shape index (κ2) is 6.27. The highest BCUT2D eigenvalue weighted by molar-refractivity contribution is 6.00. The van der Waals surface area contributed by atoms with Crippen molar-refractivity contribution in [1.82, 2.24) is 30.0 Å². The number of piperidine rings is 1. The van der Waals surface area contributed by atoms with Crippen molar-refractivity contribution < 1.29 is 4.79 Å². The van der Waals surface area contributed by atoms with Crippen molar-refractivity contribution in [3.05, 3.63) is 54.4 Å². The van der Waals surface area contributed by atoms with Crippen LogP contribution in [0.4, 0.5) is 0 Å². The number of H-pyrrole nitrogens is 2. The Labute approximate surface area is 139 Å². The summed E-state index contributed by atoms with van der Waals surface area (Å²) in [5.41, 5.74) is 1.43. The van der Waals surface area contributed by atoms with Crippen LogP contribution in [-0.4, -0.2) is 49.0 Å². The smallest absolute Gasteiger partial charge is 0.254 e. The molecule has 0 spiro atoms. The number of aromatic nitrogens is 5. The summed E-state index contributed by atoms with van der Waals surface area (Å²) >= 11 is 0. The molecule has 0 unspecified atom stereocenters. The van der Waals surface area contributed by atoms with Crippen molar-refractivity contribution >= 4 is 5.91 Å². The second-order valence-corrected chi connectivity index (χ2v) is 5.94. The molecule has 0 bridgehead atoms. The molecule has 0 radical (unpaired) electrons. The predicted molar refractivity (Wildman–Crippen MR) is 88.3 cm³/mol. The Bertz CT molecular complexity index is 811. The lowest BCUT2D eigenvalue weighted by atomic mass is 9.96. The lowest BCUT2D eigenvalue weighted by Crippen LogP contribution is -2.39. The van der Waals surface area contributed by atoms with E-state index in [-0.39, 0.29) is 11.8 Å². The molecule has 1 amide bonds. The van der Waals surface area contributed by atoms with Gasteiger partial charge in [-0.2, -0.15) is 5.10 Å². The first-order valence-corrected chi connectivity index (χ1v) is 8.06. The molecule has 1 fully saturated rings. The first kappa shape index (κ1) is 14.6. The van der Waals surface area contributed by atoms with Gasteiger partial charge in [-0.25, -0.2) is 9.97 Å². The third kappa shape index (κ3) is 2.68. The third-order valence-corrected chi connectivity index (χ3v) is 4.44. The van der Waals surface area contributed by atoms with Crippen molar-refractivity contribution in [2.75, 3.05) is 13.1 Å². The third-order valence-electron chi connectivity index (χ3n) is 4.44. The van der Waals surface area contributed by atoms with Crippen LogP contribution in [-0.2, 0) is 0 Å². The molecule has 0 aliphatic carbocycles. The Balaban J connectivity index is 1.60. The maximum Gasteiger partial charge on any atom is 0.254 e. The molecule has 1 atom stereocenters. The highest BCUT2D eigenvalue weighted by Crippen LogP contribution is 2.27. The molecule has 7 nitrogen and oxygen atoms in total. The molecule has 2 aromatic heterocycles. The van der Waals surface area contributed by atoms with Crippen LogP contribution in [0.25, 0.3) is 11.4 Å². The van der Waals surface area contributed by atoms with Gasteiger partial charge in [-0.15, -0.1) is 0 Å². The fraction of sp³-hybridized carbons (Fsp3) is 0.294. The maximum absolute atomic E-state index is 13.1. The zero-order valence-corrected chi connectivity index (χ0v) is 13.1. The van der Waals surface area contributed by atoms with Crippen LogP contribution in [0.5, 0.6) is 0 Å². The van der Waals surface area contributed by atoms with Gasteiger partial charge >= 0.3 is 0 Å². The van der Waals surface area contributed by atoms with Gasteiger partial charge in [0.1, 0.15) is 12.2 Å². The zero-order chi connectivity index (χ0) is 16.4. The molecule has 1 aliphatic heterocycles. The molecule has 3 heterocycles. The number of imidazole rings is 1. The summed E-state index contributed by atoms with van der Waals surface area (Å²) in [7, 11) is 0. The Morgan fingerprint density at radius 2 is 2.17 bits per heavy atom. The van der Waals surface area contributed by atoms with E-state index in [0.717, 1.165) is 30.8 Å². The van der Waals surface area contributed by atoms with Gasteiger partial charge in [-0.1, -0.05) is 18.2 Å². The Kier molecular flexibility index (Phi) is 3.82. The summed E-state index contributed by atoms with van der Waals surface area (Å²) in [6.07, 6.45) is 7.05. The molecule has 24 heavy (non-hydrogen) atoms. The Morgan fingerprint density at radius 1 is 1.25 bits per heavy atom. The number of benzene rings is 1. The quantitative estimate of drug-likeness (QED) is 0.773. The first-order chi connectivity index (χ1) is 11.8. The van der Waals surface area contributed by atoms with Crippen molar-refractivity contribution in [2.24, 2.45) is 0 Å². The van der Waals surface area contributed by atoms with E-state index >= 15 is 0 Å². The minimum Gasteiger partial charge on any atom is -0.348 e. The number of rotatable bonds is 3. The summed E-state index contributed by atoms with van der Waals surface area (Å²) in [5.74, 6) is 1.85. The lowest BCUT2D eigenvalue weighted by Gasteiger charge is -2.32. The zero-order valence-electron chi connectivity index (χ0n) is 13.1. The number of hydrogen-bond donors (Lipinski definition) is 2. The average molecular weight is 322 g/mol. The summed E-state index contributed by atoms with van der Waals surface area (Å²) < 4.78 is 0. The average Bonchev–Trinajstić information content (AvgIpc) is 3.35. The van der Waals surface area contributed by atoms with Crippen molar-refractivity contribution in [2.45, 2.75) is 18.8 Å². The van der Waals surface area contributed by atoms with Crippen LogP contribution >= 0.6 is 0 Å². The van der Waals surface area contributed by atoms with Gasteiger partial charge in [0, 0.05) is 37.0 Å². The molecule has 2 N–H and O–H groups in total. The van der Waals surface area contributed by atoms with Crippen molar-refractivity contribution in [1.29, 1.82) is 0 Å². The number of hydrogen-bond acceptors (Lipinski definition) is 4. The summed E-state index contributed by atoms with van der Waals surface area (Å²) in [6.45, 7) is 1.44. The van der Waals surface area contributed by atoms with Crippen molar-refractivity contribution in [3.63, 3.8) is 0 Å². The SMILES string of the molecule is O=C(c1ccccc1-c1ncn[nH]1)N1CCC[C@H](c2ncc[nH]2)C1. The maximum atomic E-state index is 13.1. The number of nitrogens with one attached hydrogen (secondary N) is 2. The summed E-state index contributed by atoms with van der Waals surface area (Å²) in [6, 6.07) is 7.51. The van der Waals surface area contributed by atoms with Crippen LogP contribution < -0.4 is 0 Å². The Morgan fingerprint density at radius 3 is 2.96 bits per heavy atom. The molecule has 4 rings (SSSR count). The van der Waals surface area contributed by atoms with Crippen LogP contribution in [0, 0.1) is 0 Å². The van der Waals surface area contributed by atoms with E-state index < -0.39 is 0 Å². The molecule has 3 aromatic rings. The van der Waals surface area contributed by atoms with E-state index in [2.05, 4.69) is 25.1 Å². The van der Waals surface area contributed by atoms with Gasteiger partial charge in [-0.05, 0) is 18.9 Å². The molecule has 1 aliphatic rings. The Hall–Kier alpha value is -2.96. The topological polar surface area (TPSA) is 90.6 Å². The van der Waals surface area contributed by atoms with E-state index in [1.165, 1.54) is 6.33 Å². The second-order valence-electron chi connectivity index (χ2n) is 5.94. The molecular weight excluding hydrogens is 304 g/mol. The van der Waals surface area contributed by atoms with Gasteiger partial charge in [0.2, 0.25) is 0 Å². The normalized spacial score (nSPS) is 17.8. The number of carbonyl (C=O) groups excluding carboxylic acids is 1. The number of aromatic amines is 2. The van der Waals surface area contributed by atoms with E-state index in [1.54, 1.807) is 6.20 Å². The van der Waals surface area contributed by atoms with Crippen LogP contribution in [0.3, 0.4) is 0 Å². The number of nitrogens with zero attached hydrogens (tertiary/aromatic N) is 4. The molecule has 7 heteroatoms. The number of amides is 1.